The van der Waals surface area contributed by atoms with Gasteiger partial charge in [-0.2, -0.15) is 0 Å². The van der Waals surface area contributed by atoms with Crippen LogP contribution in [-0.4, -0.2) is 8.42 Å². The van der Waals surface area contributed by atoms with Crippen molar-refractivity contribution in [1.82, 2.24) is 0 Å². The number of rotatable bonds is 1. The molecule has 0 unspecified atom stereocenters. The molecule has 0 saturated carbocycles. The minimum Gasteiger partial charge on any atom is -0.227 e. The van der Waals surface area contributed by atoms with Crippen LogP contribution in [-0.2, 0) is 10.7 Å². The second-order valence-electron chi connectivity index (χ2n) is 2.04. The lowest BCUT2D eigenvalue weighted by molar-refractivity contribution is 0.614. The van der Waals surface area contributed by atoms with E-state index in [4.69, 9.17) is 0 Å². The molecule has 1 aromatic carbocycles. The van der Waals surface area contributed by atoms with Crippen LogP contribution in [0.5, 0.6) is 0 Å². The quantitative estimate of drug-likeness (QED) is 0.615. The van der Waals surface area contributed by atoms with E-state index < -0.39 is 10.7 Å². The van der Waals surface area contributed by atoms with Gasteiger partial charge < -0.3 is 0 Å². The highest BCUT2D eigenvalue weighted by Gasteiger charge is 1.95. The molecule has 2 nitrogen and oxygen atoms in total. The SMILES string of the molecule is Cc1ccccc1[SH](=O)=O. The summed E-state index contributed by atoms with van der Waals surface area (Å²) in [5.41, 5.74) is 0.804. The fourth-order valence-corrected chi connectivity index (χ4v) is 1.34. The average Bonchev–Trinajstić information content (AvgIpc) is 1.88. The molecule has 1 rings (SSSR count). The number of hydrogen-bond donors (Lipinski definition) is 1. The van der Waals surface area contributed by atoms with Crippen LogP contribution in [0.3, 0.4) is 0 Å². The summed E-state index contributed by atoms with van der Waals surface area (Å²) in [5.74, 6) is 0. The predicted octanol–water partition coefficient (Wildman–Crippen LogP) is 0.965. The standard InChI is InChI=1S/C7H8O2S/c1-6-4-2-3-5-7(6)10(8)9/h2-5,10H,1H3. The summed E-state index contributed by atoms with van der Waals surface area (Å²) in [4.78, 5) is 0.414. The van der Waals surface area contributed by atoms with E-state index in [9.17, 15) is 8.42 Å². The third kappa shape index (κ3) is 1.36. The normalized spacial score (nSPS) is 10.2. The van der Waals surface area contributed by atoms with Gasteiger partial charge in [0.2, 0.25) is 0 Å². The van der Waals surface area contributed by atoms with E-state index in [0.29, 0.717) is 4.90 Å². The average molecular weight is 156 g/mol. The third-order valence-electron chi connectivity index (χ3n) is 1.31. The van der Waals surface area contributed by atoms with E-state index in [2.05, 4.69) is 0 Å². The molecule has 0 aromatic heterocycles. The fourth-order valence-electron chi connectivity index (χ4n) is 0.768. The maximum atomic E-state index is 10.5. The Kier molecular flexibility index (Phi) is 2.06. The monoisotopic (exact) mass is 156 g/mol. The van der Waals surface area contributed by atoms with Crippen molar-refractivity contribution < 1.29 is 8.42 Å². The summed E-state index contributed by atoms with van der Waals surface area (Å²) in [6.45, 7) is 1.78. The predicted molar refractivity (Wildman–Crippen MR) is 39.8 cm³/mol. The van der Waals surface area contributed by atoms with Crippen LogP contribution < -0.4 is 0 Å². The maximum absolute atomic E-state index is 10.5. The molecule has 10 heavy (non-hydrogen) atoms. The highest BCUT2D eigenvalue weighted by Crippen LogP contribution is 2.06. The molecule has 0 amide bonds. The molecule has 0 bridgehead atoms. The van der Waals surface area contributed by atoms with Gasteiger partial charge in [0.1, 0.15) is 0 Å². The maximum Gasteiger partial charge on any atom is 0.168 e. The first kappa shape index (κ1) is 7.28. The van der Waals surface area contributed by atoms with Crippen molar-refractivity contribution in [2.45, 2.75) is 11.8 Å². The van der Waals surface area contributed by atoms with E-state index in [-0.39, 0.29) is 0 Å². The molecule has 0 aliphatic heterocycles. The Morgan fingerprint density at radius 1 is 1.20 bits per heavy atom. The Labute approximate surface area is 61.5 Å². The molecular formula is C7H8O2S. The second kappa shape index (κ2) is 2.84. The third-order valence-corrected chi connectivity index (χ3v) is 2.21. The molecule has 1 aromatic rings. The minimum absolute atomic E-state index is 0.414. The van der Waals surface area contributed by atoms with Crippen LogP contribution in [0, 0.1) is 6.92 Å². The van der Waals surface area contributed by atoms with Gasteiger partial charge >= 0.3 is 0 Å². The summed E-state index contributed by atoms with van der Waals surface area (Å²) < 4.78 is 20.9. The van der Waals surface area contributed by atoms with Crippen LogP contribution in [0.1, 0.15) is 5.56 Å². The van der Waals surface area contributed by atoms with Crippen LogP contribution in [0.4, 0.5) is 0 Å². The van der Waals surface area contributed by atoms with E-state index >= 15 is 0 Å². The summed E-state index contributed by atoms with van der Waals surface area (Å²) >= 11 is 0. The van der Waals surface area contributed by atoms with Gasteiger partial charge in [0, 0.05) is 0 Å². The minimum atomic E-state index is -2.42. The molecule has 3 heteroatoms. The lowest BCUT2D eigenvalue weighted by Gasteiger charge is -1.93. The Morgan fingerprint density at radius 2 is 1.80 bits per heavy atom. The topological polar surface area (TPSA) is 34.1 Å². The van der Waals surface area contributed by atoms with Gasteiger partial charge in [-0.15, -0.1) is 0 Å². The molecule has 0 spiro atoms. The number of benzene rings is 1. The van der Waals surface area contributed by atoms with Crippen molar-refractivity contribution >= 4 is 10.7 Å². The van der Waals surface area contributed by atoms with Gasteiger partial charge in [-0.3, -0.25) is 0 Å². The van der Waals surface area contributed by atoms with Crippen molar-refractivity contribution in [3.8, 4) is 0 Å². The molecular weight excluding hydrogens is 148 g/mol. The highest BCUT2D eigenvalue weighted by atomic mass is 32.2. The van der Waals surface area contributed by atoms with Crippen LogP contribution in [0.25, 0.3) is 0 Å². The zero-order chi connectivity index (χ0) is 7.56. The molecule has 54 valence electrons. The molecule has 0 N–H and O–H groups in total. The zero-order valence-corrected chi connectivity index (χ0v) is 6.47. The van der Waals surface area contributed by atoms with Gasteiger partial charge in [-0.25, -0.2) is 8.42 Å². The molecule has 0 aliphatic rings. The van der Waals surface area contributed by atoms with Crippen molar-refractivity contribution in [2.75, 3.05) is 0 Å². The Morgan fingerprint density at radius 3 is 2.20 bits per heavy atom. The first-order valence-electron chi connectivity index (χ1n) is 2.92. The molecule has 0 saturated heterocycles. The molecule has 0 heterocycles. The van der Waals surface area contributed by atoms with E-state index in [1.807, 2.05) is 6.07 Å². The summed E-state index contributed by atoms with van der Waals surface area (Å²) in [6.07, 6.45) is 0. The molecule has 0 fully saturated rings. The van der Waals surface area contributed by atoms with E-state index in [1.165, 1.54) is 0 Å². The number of aryl methyl sites for hydroxylation is 1. The van der Waals surface area contributed by atoms with Crippen molar-refractivity contribution in [3.63, 3.8) is 0 Å². The van der Waals surface area contributed by atoms with Crippen molar-refractivity contribution in [2.24, 2.45) is 0 Å². The van der Waals surface area contributed by atoms with E-state index in [1.54, 1.807) is 25.1 Å². The fraction of sp³-hybridized carbons (Fsp3) is 0.143. The van der Waals surface area contributed by atoms with Crippen molar-refractivity contribution in [1.29, 1.82) is 0 Å². The zero-order valence-electron chi connectivity index (χ0n) is 5.57. The van der Waals surface area contributed by atoms with Crippen LogP contribution in [0.15, 0.2) is 29.2 Å². The van der Waals surface area contributed by atoms with Crippen LogP contribution >= 0.6 is 0 Å². The van der Waals surface area contributed by atoms with Crippen LogP contribution in [0.2, 0.25) is 0 Å². The van der Waals surface area contributed by atoms with Gasteiger partial charge in [0.15, 0.2) is 10.7 Å². The number of thiol groups is 1. The highest BCUT2D eigenvalue weighted by molar-refractivity contribution is 7.72. The van der Waals surface area contributed by atoms with Crippen molar-refractivity contribution in [3.05, 3.63) is 29.8 Å². The largest absolute Gasteiger partial charge is 0.227 e. The van der Waals surface area contributed by atoms with Gasteiger partial charge in [-0.1, -0.05) is 18.2 Å². The summed E-state index contributed by atoms with van der Waals surface area (Å²) in [7, 11) is -2.42. The smallest absolute Gasteiger partial charge is 0.168 e. The Hall–Kier alpha value is -0.830. The molecule has 0 aliphatic carbocycles. The summed E-state index contributed by atoms with van der Waals surface area (Å²) in [6, 6.07) is 6.91. The first-order chi connectivity index (χ1) is 4.72. The first-order valence-corrected chi connectivity index (χ1v) is 4.09. The summed E-state index contributed by atoms with van der Waals surface area (Å²) in [5, 5.41) is 0. The lowest BCUT2D eigenvalue weighted by Crippen LogP contribution is -1.83. The van der Waals surface area contributed by atoms with Gasteiger partial charge in [-0.05, 0) is 18.6 Å². The molecule has 0 atom stereocenters. The lowest BCUT2D eigenvalue weighted by atomic mass is 10.2. The van der Waals surface area contributed by atoms with Gasteiger partial charge in [0.25, 0.3) is 0 Å². The van der Waals surface area contributed by atoms with E-state index in [0.717, 1.165) is 5.56 Å². The van der Waals surface area contributed by atoms with Gasteiger partial charge in [0.05, 0.1) is 4.90 Å². The second-order valence-corrected chi connectivity index (χ2v) is 3.04. The number of hydrogen-bond acceptors (Lipinski definition) is 2. The Balaban J connectivity index is 3.28. The molecule has 0 radical (unpaired) electrons. The Bertz CT molecular complexity index is 294.